The molecular formula is C18H16F3N3O2S. The molecule has 0 fully saturated rings. The lowest BCUT2D eigenvalue weighted by Gasteiger charge is -2.16. The number of rotatable bonds is 4. The topological polar surface area (TPSA) is 62.3 Å². The number of benzene rings is 2. The van der Waals surface area contributed by atoms with E-state index in [-0.39, 0.29) is 17.1 Å². The average Bonchev–Trinajstić information content (AvgIpc) is 2.63. The first-order chi connectivity index (χ1) is 12.7. The number of halogens is 3. The Kier molecular flexibility index (Phi) is 4.97. The highest BCUT2D eigenvalue weighted by Gasteiger charge is 2.30. The first kappa shape index (κ1) is 19.0. The smallest absolute Gasteiger partial charge is 0.416 e. The van der Waals surface area contributed by atoms with E-state index in [1.165, 1.54) is 24.9 Å². The van der Waals surface area contributed by atoms with Crippen LogP contribution in [0.15, 0.2) is 36.4 Å². The van der Waals surface area contributed by atoms with Crippen LogP contribution in [0.25, 0.3) is 10.9 Å². The summed E-state index contributed by atoms with van der Waals surface area (Å²) in [5, 5.41) is 0.563. The minimum atomic E-state index is -4.42. The zero-order chi connectivity index (χ0) is 19.8. The Morgan fingerprint density at radius 3 is 2.41 bits per heavy atom. The molecule has 0 aliphatic heterocycles. The molecule has 1 aromatic heterocycles. The number of hydrogen-bond donors (Lipinski definition) is 1. The number of fused-ring (bicyclic) bond motifs is 1. The Labute approximate surface area is 158 Å². The number of nitrogens with two attached hydrogens (primary N) is 1. The molecule has 2 N–H and O–H groups in total. The van der Waals surface area contributed by atoms with Gasteiger partial charge in [0.25, 0.3) is 0 Å². The summed E-state index contributed by atoms with van der Waals surface area (Å²) < 4.78 is 51.0. The molecule has 27 heavy (non-hydrogen) atoms. The van der Waals surface area contributed by atoms with Crippen LogP contribution >= 0.6 is 12.2 Å². The number of hydrogen-bond acceptors (Lipinski definition) is 5. The number of alkyl halides is 3. The van der Waals surface area contributed by atoms with Gasteiger partial charge in [0.05, 0.1) is 31.8 Å². The molecule has 0 radical (unpaired) electrons. The maximum atomic E-state index is 12.9. The maximum Gasteiger partial charge on any atom is 0.416 e. The number of aromatic nitrogens is 2. The largest absolute Gasteiger partial charge is 0.493 e. The molecule has 0 aliphatic rings. The fraction of sp³-hybridized carbons (Fsp3) is 0.222. The summed E-state index contributed by atoms with van der Waals surface area (Å²) in [6.07, 6.45) is -4.42. The van der Waals surface area contributed by atoms with E-state index in [0.717, 1.165) is 12.1 Å². The summed E-state index contributed by atoms with van der Waals surface area (Å²) in [4.78, 5) is 4.33. The highest BCUT2D eigenvalue weighted by atomic mass is 32.1. The van der Waals surface area contributed by atoms with E-state index >= 15 is 0 Å². The molecule has 3 rings (SSSR count). The number of methoxy groups -OCH3 is 2. The molecule has 5 nitrogen and oxygen atoms in total. The van der Waals surface area contributed by atoms with Gasteiger partial charge in [0.2, 0.25) is 4.77 Å². The first-order valence-corrected chi connectivity index (χ1v) is 8.23. The van der Waals surface area contributed by atoms with Gasteiger partial charge in [-0.3, -0.25) is 4.57 Å². The molecule has 0 atom stereocenters. The molecule has 9 heteroatoms. The van der Waals surface area contributed by atoms with Gasteiger partial charge in [-0.15, -0.1) is 0 Å². The molecular weight excluding hydrogens is 379 g/mol. The van der Waals surface area contributed by atoms with Gasteiger partial charge in [-0.2, -0.15) is 13.2 Å². The third kappa shape index (κ3) is 3.68. The Bertz CT molecular complexity index is 1060. The maximum absolute atomic E-state index is 12.9. The van der Waals surface area contributed by atoms with Crippen LogP contribution in [0.4, 0.5) is 19.0 Å². The van der Waals surface area contributed by atoms with Crippen LogP contribution in [0.2, 0.25) is 0 Å². The summed E-state index contributed by atoms with van der Waals surface area (Å²) in [5.41, 5.74) is 6.43. The molecule has 2 aromatic carbocycles. The van der Waals surface area contributed by atoms with Crippen molar-refractivity contribution < 1.29 is 22.6 Å². The van der Waals surface area contributed by atoms with Crippen LogP contribution in [0, 0.1) is 4.77 Å². The van der Waals surface area contributed by atoms with Crippen molar-refractivity contribution in [2.75, 3.05) is 20.0 Å². The van der Waals surface area contributed by atoms with Crippen LogP contribution in [-0.2, 0) is 12.7 Å². The van der Waals surface area contributed by atoms with E-state index in [0.29, 0.717) is 28.0 Å². The zero-order valence-electron chi connectivity index (χ0n) is 14.5. The summed E-state index contributed by atoms with van der Waals surface area (Å²) in [5.74, 6) is 1.21. The summed E-state index contributed by atoms with van der Waals surface area (Å²) in [6.45, 7) is 0.0614. The fourth-order valence-electron chi connectivity index (χ4n) is 2.76. The zero-order valence-corrected chi connectivity index (χ0v) is 15.3. The Hall–Kier alpha value is -2.81. The molecule has 3 aromatic rings. The SMILES string of the molecule is COc1cc2nc(=S)n(Cc3cccc(C(F)(F)F)c3)c(N)c2cc1OC. The normalized spacial score (nSPS) is 11.6. The highest BCUT2D eigenvalue weighted by Crippen LogP contribution is 2.34. The molecule has 0 saturated heterocycles. The summed E-state index contributed by atoms with van der Waals surface area (Å²) >= 11 is 5.29. The molecule has 0 spiro atoms. The second-order valence-electron chi connectivity index (χ2n) is 5.79. The van der Waals surface area contributed by atoms with Gasteiger partial charge in [-0.1, -0.05) is 12.1 Å². The predicted molar refractivity (Wildman–Crippen MR) is 98.6 cm³/mol. The van der Waals surface area contributed by atoms with Crippen molar-refractivity contribution in [2.24, 2.45) is 0 Å². The van der Waals surface area contributed by atoms with Gasteiger partial charge in [0.15, 0.2) is 11.5 Å². The lowest BCUT2D eigenvalue weighted by Crippen LogP contribution is -2.12. The van der Waals surface area contributed by atoms with Gasteiger partial charge < -0.3 is 15.2 Å². The van der Waals surface area contributed by atoms with Gasteiger partial charge in [-0.05, 0) is 36.0 Å². The van der Waals surface area contributed by atoms with E-state index in [4.69, 9.17) is 27.4 Å². The predicted octanol–water partition coefficient (Wildman–Crippen LogP) is 4.43. The van der Waals surface area contributed by atoms with Crippen molar-refractivity contribution in [1.29, 1.82) is 0 Å². The van der Waals surface area contributed by atoms with Gasteiger partial charge in [0.1, 0.15) is 5.82 Å². The molecule has 0 aliphatic carbocycles. The van der Waals surface area contributed by atoms with Gasteiger partial charge in [-0.25, -0.2) is 4.98 Å². The van der Waals surface area contributed by atoms with Crippen LogP contribution in [0.3, 0.4) is 0 Å². The van der Waals surface area contributed by atoms with Crippen LogP contribution in [0.1, 0.15) is 11.1 Å². The molecule has 0 unspecified atom stereocenters. The number of ether oxygens (including phenoxy) is 2. The molecule has 0 bridgehead atoms. The van der Waals surface area contributed by atoms with Crippen LogP contribution in [0.5, 0.6) is 11.5 Å². The Morgan fingerprint density at radius 2 is 1.78 bits per heavy atom. The van der Waals surface area contributed by atoms with Crippen molar-refractivity contribution in [3.63, 3.8) is 0 Å². The van der Waals surface area contributed by atoms with Crippen molar-refractivity contribution >= 4 is 28.9 Å². The van der Waals surface area contributed by atoms with Crippen LogP contribution < -0.4 is 15.2 Å². The Morgan fingerprint density at radius 1 is 1.11 bits per heavy atom. The van der Waals surface area contributed by atoms with Crippen LogP contribution in [-0.4, -0.2) is 23.8 Å². The number of anilines is 1. The van der Waals surface area contributed by atoms with E-state index in [9.17, 15) is 13.2 Å². The summed E-state index contributed by atoms with van der Waals surface area (Å²) in [7, 11) is 2.99. The van der Waals surface area contributed by atoms with E-state index in [1.54, 1.807) is 18.2 Å². The molecule has 0 amide bonds. The number of nitrogens with zero attached hydrogens (tertiary/aromatic N) is 2. The van der Waals surface area contributed by atoms with E-state index in [1.807, 2.05) is 0 Å². The van der Waals surface area contributed by atoms with E-state index < -0.39 is 11.7 Å². The van der Waals surface area contributed by atoms with Crippen molar-refractivity contribution in [3.05, 3.63) is 52.3 Å². The minimum absolute atomic E-state index is 0.0614. The monoisotopic (exact) mass is 395 g/mol. The second-order valence-corrected chi connectivity index (χ2v) is 6.15. The molecule has 142 valence electrons. The minimum Gasteiger partial charge on any atom is -0.493 e. The lowest BCUT2D eigenvalue weighted by atomic mass is 10.1. The summed E-state index contributed by atoms with van der Waals surface area (Å²) in [6, 6.07) is 8.32. The first-order valence-electron chi connectivity index (χ1n) is 7.82. The van der Waals surface area contributed by atoms with Gasteiger partial charge >= 0.3 is 6.18 Å². The van der Waals surface area contributed by atoms with Crippen molar-refractivity contribution in [2.45, 2.75) is 12.7 Å². The van der Waals surface area contributed by atoms with Crippen molar-refractivity contribution in [1.82, 2.24) is 9.55 Å². The van der Waals surface area contributed by atoms with Crippen molar-refractivity contribution in [3.8, 4) is 11.5 Å². The third-order valence-corrected chi connectivity index (χ3v) is 4.42. The average molecular weight is 395 g/mol. The fourth-order valence-corrected chi connectivity index (χ4v) is 3.02. The standard InChI is InChI=1S/C18H16F3N3O2S/c1-25-14-7-12-13(8-15(14)26-2)23-17(27)24(16(12)22)9-10-4-3-5-11(6-10)18(19,20)21/h3-8H,9,22H2,1-2H3. The lowest BCUT2D eigenvalue weighted by molar-refractivity contribution is -0.137. The quantitative estimate of drug-likeness (QED) is 0.662. The second kappa shape index (κ2) is 7.07. The molecule has 1 heterocycles. The Balaban J connectivity index is 2.11. The highest BCUT2D eigenvalue weighted by molar-refractivity contribution is 7.71. The third-order valence-electron chi connectivity index (χ3n) is 4.11. The van der Waals surface area contributed by atoms with Gasteiger partial charge in [0, 0.05) is 11.5 Å². The number of nitrogen functional groups attached to an aromatic ring is 1. The van der Waals surface area contributed by atoms with E-state index in [2.05, 4.69) is 4.98 Å². The molecule has 0 saturated carbocycles.